The summed E-state index contributed by atoms with van der Waals surface area (Å²) < 4.78 is 20.6. The first-order valence-electron chi connectivity index (χ1n) is 11.3. The predicted octanol–water partition coefficient (Wildman–Crippen LogP) is 7.20. The average molecular weight is 528 g/mol. The van der Waals surface area contributed by atoms with Crippen LogP contribution in [0.5, 0.6) is 5.75 Å². The molecule has 186 valence electrons. The first-order valence-corrected chi connectivity index (χ1v) is 12.0. The van der Waals surface area contributed by atoms with E-state index in [9.17, 15) is 14.7 Å². The molecule has 3 aromatic rings. The minimum absolute atomic E-state index is 0.0459. The fourth-order valence-electron chi connectivity index (χ4n) is 4.49. The fourth-order valence-corrected chi connectivity index (χ4v) is 5.01. The number of nitrogens with zero attached hydrogens (tertiary/aromatic N) is 1. The van der Waals surface area contributed by atoms with Crippen molar-refractivity contribution in [1.82, 2.24) is 0 Å². The monoisotopic (exact) mass is 527 g/mol. The van der Waals surface area contributed by atoms with Gasteiger partial charge < -0.3 is 9.84 Å². The Kier molecular flexibility index (Phi) is 7.12. The Hall–Kier alpha value is -3.35. The SMILES string of the molecule is COc1cc(C)c(/C(O)=C2\C(=O)C(=O)N(c3cc(Cl)cc(Cl)c3)C2c2ccccc2F)cc1C(C)C. The van der Waals surface area contributed by atoms with Crippen LogP contribution in [0.4, 0.5) is 10.1 Å². The average Bonchev–Trinajstić information content (AvgIpc) is 3.08. The van der Waals surface area contributed by atoms with Gasteiger partial charge in [0.2, 0.25) is 0 Å². The van der Waals surface area contributed by atoms with Crippen LogP contribution in [-0.4, -0.2) is 23.9 Å². The van der Waals surface area contributed by atoms with Gasteiger partial charge in [-0.3, -0.25) is 14.5 Å². The van der Waals surface area contributed by atoms with Crippen molar-refractivity contribution < 1.29 is 23.8 Å². The molecule has 1 unspecified atom stereocenters. The molecule has 36 heavy (non-hydrogen) atoms. The van der Waals surface area contributed by atoms with Crippen molar-refractivity contribution in [3.05, 3.63) is 98.3 Å². The lowest BCUT2D eigenvalue weighted by molar-refractivity contribution is -0.132. The number of aliphatic hydroxyl groups excluding tert-OH is 1. The van der Waals surface area contributed by atoms with Crippen LogP contribution in [0.3, 0.4) is 0 Å². The summed E-state index contributed by atoms with van der Waals surface area (Å²) in [7, 11) is 1.56. The van der Waals surface area contributed by atoms with Gasteiger partial charge in [-0.05, 0) is 60.4 Å². The number of carbonyl (C=O) groups is 2. The zero-order chi connectivity index (χ0) is 26.3. The molecule has 1 atom stereocenters. The largest absolute Gasteiger partial charge is 0.507 e. The number of benzene rings is 3. The minimum Gasteiger partial charge on any atom is -0.507 e. The van der Waals surface area contributed by atoms with Gasteiger partial charge in [0, 0.05) is 26.9 Å². The van der Waals surface area contributed by atoms with Gasteiger partial charge in [-0.15, -0.1) is 0 Å². The molecule has 3 aromatic carbocycles. The third kappa shape index (κ3) is 4.47. The summed E-state index contributed by atoms with van der Waals surface area (Å²) in [4.78, 5) is 27.8. The van der Waals surface area contributed by atoms with E-state index in [-0.39, 0.29) is 32.8 Å². The Balaban J connectivity index is 2.03. The maximum absolute atomic E-state index is 15.1. The van der Waals surface area contributed by atoms with E-state index in [1.165, 1.54) is 36.4 Å². The van der Waals surface area contributed by atoms with E-state index in [1.807, 2.05) is 13.8 Å². The second-order valence-corrected chi connectivity index (χ2v) is 9.75. The van der Waals surface area contributed by atoms with Gasteiger partial charge in [0.05, 0.1) is 18.7 Å². The Morgan fingerprint density at radius 1 is 1.06 bits per heavy atom. The first-order chi connectivity index (χ1) is 17.0. The van der Waals surface area contributed by atoms with Crippen molar-refractivity contribution in [1.29, 1.82) is 0 Å². The highest BCUT2D eigenvalue weighted by molar-refractivity contribution is 6.52. The highest BCUT2D eigenvalue weighted by Gasteiger charge is 2.48. The lowest BCUT2D eigenvalue weighted by atomic mass is 9.91. The van der Waals surface area contributed by atoms with Crippen LogP contribution in [0, 0.1) is 12.7 Å². The second kappa shape index (κ2) is 9.96. The zero-order valence-electron chi connectivity index (χ0n) is 20.1. The third-order valence-electron chi connectivity index (χ3n) is 6.22. The van der Waals surface area contributed by atoms with Gasteiger partial charge in [-0.25, -0.2) is 4.39 Å². The Labute approximate surface area is 218 Å². The number of ketones is 1. The lowest BCUT2D eigenvalue weighted by Crippen LogP contribution is -2.29. The number of hydrogen-bond acceptors (Lipinski definition) is 4. The van der Waals surface area contributed by atoms with E-state index >= 15 is 4.39 Å². The number of amides is 1. The Morgan fingerprint density at radius 2 is 1.69 bits per heavy atom. The van der Waals surface area contributed by atoms with Gasteiger partial charge in [-0.1, -0.05) is 55.2 Å². The van der Waals surface area contributed by atoms with Crippen LogP contribution in [0.1, 0.15) is 48.1 Å². The van der Waals surface area contributed by atoms with E-state index in [0.29, 0.717) is 16.9 Å². The van der Waals surface area contributed by atoms with E-state index in [0.717, 1.165) is 10.5 Å². The van der Waals surface area contributed by atoms with Crippen molar-refractivity contribution in [2.45, 2.75) is 32.7 Å². The molecule has 1 aliphatic heterocycles. The van der Waals surface area contributed by atoms with E-state index in [1.54, 1.807) is 32.2 Å². The fraction of sp³-hybridized carbons (Fsp3) is 0.214. The molecule has 0 bridgehead atoms. The van der Waals surface area contributed by atoms with Crippen molar-refractivity contribution in [2.75, 3.05) is 12.0 Å². The quantitative estimate of drug-likeness (QED) is 0.216. The summed E-state index contributed by atoms with van der Waals surface area (Å²) in [6.45, 7) is 5.70. The molecular weight excluding hydrogens is 504 g/mol. The smallest absolute Gasteiger partial charge is 0.300 e. The van der Waals surface area contributed by atoms with Crippen LogP contribution in [0.2, 0.25) is 10.0 Å². The molecule has 4 rings (SSSR count). The van der Waals surface area contributed by atoms with Gasteiger partial charge in [0.25, 0.3) is 11.7 Å². The first kappa shape index (κ1) is 25.7. The number of hydrogen-bond donors (Lipinski definition) is 1. The standard InChI is InChI=1S/C28H24Cl2FNO4/c1-14(2)20-13-21(15(3)9-23(20)36-4)26(33)24-25(19-7-5-6-8-22(19)31)32(28(35)27(24)34)18-11-16(29)10-17(30)12-18/h5-14,25,33H,1-4H3/b26-24+. The summed E-state index contributed by atoms with van der Waals surface area (Å²) in [6.07, 6.45) is 0. The molecular formula is C28H24Cl2FNO4. The number of ether oxygens (including phenoxy) is 1. The molecule has 8 heteroatoms. The topological polar surface area (TPSA) is 66.8 Å². The number of aliphatic hydroxyl groups is 1. The Bertz CT molecular complexity index is 1400. The molecule has 0 radical (unpaired) electrons. The molecule has 1 saturated heterocycles. The predicted molar refractivity (Wildman–Crippen MR) is 139 cm³/mol. The number of anilines is 1. The number of halogens is 3. The minimum atomic E-state index is -1.25. The van der Waals surface area contributed by atoms with E-state index < -0.39 is 29.3 Å². The molecule has 1 amide bonds. The normalized spacial score (nSPS) is 17.2. The van der Waals surface area contributed by atoms with Crippen molar-refractivity contribution in [3.8, 4) is 5.75 Å². The third-order valence-corrected chi connectivity index (χ3v) is 6.66. The number of Topliss-reactive ketones (excluding diaryl/α,β-unsaturated/α-hetero) is 1. The number of carbonyl (C=O) groups excluding carboxylic acids is 2. The summed E-state index contributed by atoms with van der Waals surface area (Å²) >= 11 is 12.3. The zero-order valence-corrected chi connectivity index (χ0v) is 21.6. The van der Waals surface area contributed by atoms with Crippen molar-refractivity contribution in [3.63, 3.8) is 0 Å². The highest BCUT2D eigenvalue weighted by Crippen LogP contribution is 2.45. The molecule has 0 spiro atoms. The molecule has 0 aromatic heterocycles. The second-order valence-electron chi connectivity index (χ2n) is 8.88. The molecule has 1 heterocycles. The number of aryl methyl sites for hydroxylation is 1. The number of rotatable bonds is 5. The molecule has 0 aliphatic carbocycles. The molecule has 1 fully saturated rings. The summed E-state index contributed by atoms with van der Waals surface area (Å²) in [5, 5.41) is 12.0. The maximum Gasteiger partial charge on any atom is 0.300 e. The summed E-state index contributed by atoms with van der Waals surface area (Å²) in [5.74, 6) is -2.23. The molecule has 5 nitrogen and oxygen atoms in total. The summed E-state index contributed by atoms with van der Waals surface area (Å²) in [5.41, 5.74) is 1.80. The molecule has 1 N–H and O–H groups in total. The van der Waals surface area contributed by atoms with Crippen molar-refractivity contribution in [2.24, 2.45) is 0 Å². The van der Waals surface area contributed by atoms with Crippen LogP contribution < -0.4 is 9.64 Å². The van der Waals surface area contributed by atoms with Gasteiger partial charge >= 0.3 is 0 Å². The molecule has 0 saturated carbocycles. The molecule has 1 aliphatic rings. The van der Waals surface area contributed by atoms with E-state index in [2.05, 4.69) is 0 Å². The van der Waals surface area contributed by atoms with Crippen LogP contribution >= 0.6 is 23.2 Å². The van der Waals surface area contributed by atoms with Gasteiger partial charge in [0.15, 0.2) is 0 Å². The van der Waals surface area contributed by atoms with Gasteiger partial charge in [0.1, 0.15) is 17.3 Å². The van der Waals surface area contributed by atoms with Gasteiger partial charge in [-0.2, -0.15) is 0 Å². The summed E-state index contributed by atoms with van der Waals surface area (Å²) in [6, 6.07) is 12.5. The van der Waals surface area contributed by atoms with Crippen molar-refractivity contribution >= 4 is 46.3 Å². The Morgan fingerprint density at radius 3 is 2.28 bits per heavy atom. The van der Waals surface area contributed by atoms with Crippen LogP contribution in [-0.2, 0) is 9.59 Å². The maximum atomic E-state index is 15.1. The van der Waals surface area contributed by atoms with Crippen LogP contribution in [0.25, 0.3) is 5.76 Å². The highest BCUT2D eigenvalue weighted by atomic mass is 35.5. The van der Waals surface area contributed by atoms with Crippen LogP contribution in [0.15, 0.2) is 60.2 Å². The lowest BCUT2D eigenvalue weighted by Gasteiger charge is -2.26. The number of methoxy groups -OCH3 is 1. The van der Waals surface area contributed by atoms with E-state index in [4.69, 9.17) is 27.9 Å².